The molecule has 0 spiro atoms. The van der Waals surface area contributed by atoms with Gasteiger partial charge in [-0.05, 0) is 42.4 Å². The molecule has 1 saturated heterocycles. The molecule has 5 N–H and O–H groups in total. The van der Waals surface area contributed by atoms with Gasteiger partial charge in [-0.2, -0.15) is 0 Å². The van der Waals surface area contributed by atoms with Gasteiger partial charge in [0.15, 0.2) is 6.29 Å². The van der Waals surface area contributed by atoms with Gasteiger partial charge < -0.3 is 15.2 Å². The molecule has 6 nitrogen and oxygen atoms in total. The van der Waals surface area contributed by atoms with Gasteiger partial charge >= 0.3 is 0 Å². The summed E-state index contributed by atoms with van der Waals surface area (Å²) >= 11 is 1.47. The minimum atomic E-state index is -0.155. The first kappa shape index (κ1) is 18.8. The lowest BCUT2D eigenvalue weighted by molar-refractivity contribution is -0.157. The van der Waals surface area contributed by atoms with Crippen LogP contribution < -0.4 is 21.3 Å². The van der Waals surface area contributed by atoms with Crippen molar-refractivity contribution < 1.29 is 9.47 Å². The number of hydrazine groups is 1. The summed E-state index contributed by atoms with van der Waals surface area (Å²) in [6.07, 6.45) is 4.66. The lowest BCUT2D eigenvalue weighted by Crippen LogP contribution is -2.28. The van der Waals surface area contributed by atoms with Crippen LogP contribution in [0.25, 0.3) is 0 Å². The molecule has 132 valence electrons. The molecule has 1 unspecified atom stereocenters. The van der Waals surface area contributed by atoms with E-state index in [-0.39, 0.29) is 6.29 Å². The fraction of sp³-hybridized carbons (Fsp3) is 0.412. The Labute approximate surface area is 148 Å². The summed E-state index contributed by atoms with van der Waals surface area (Å²) in [6, 6.07) is 7.93. The van der Waals surface area contributed by atoms with Crippen molar-refractivity contribution >= 4 is 17.6 Å². The van der Waals surface area contributed by atoms with E-state index < -0.39 is 0 Å². The molecule has 0 aromatic heterocycles. The smallest absolute Gasteiger partial charge is 0.158 e. The first-order valence-corrected chi connectivity index (χ1v) is 8.88. The predicted octanol–water partition coefficient (Wildman–Crippen LogP) is 2.59. The third kappa shape index (κ3) is 6.54. The fourth-order valence-corrected chi connectivity index (χ4v) is 2.66. The van der Waals surface area contributed by atoms with Gasteiger partial charge in [-0.25, -0.2) is 5.84 Å². The second-order valence-corrected chi connectivity index (χ2v) is 6.35. The summed E-state index contributed by atoms with van der Waals surface area (Å²) in [5.74, 6) is 6.03. The fourth-order valence-electron chi connectivity index (χ4n) is 2.29. The monoisotopic (exact) mass is 350 g/mol. The Morgan fingerprint density at radius 1 is 1.42 bits per heavy atom. The molecule has 24 heavy (non-hydrogen) atoms. The number of rotatable bonds is 9. The third-order valence-electron chi connectivity index (χ3n) is 3.56. The summed E-state index contributed by atoms with van der Waals surface area (Å²) in [5.41, 5.74) is 8.55. The van der Waals surface area contributed by atoms with Crippen LogP contribution in [-0.2, 0) is 16.0 Å². The topological polar surface area (TPSA) is 85.8 Å². The van der Waals surface area contributed by atoms with Crippen molar-refractivity contribution in [1.29, 1.82) is 0 Å². The SMILES string of the molecule is C=CSNCc1ccc(N(N)/C=C(\N)COC2CCCCO2)cc1. The van der Waals surface area contributed by atoms with E-state index in [2.05, 4.69) is 11.3 Å². The van der Waals surface area contributed by atoms with E-state index in [9.17, 15) is 0 Å². The minimum Gasteiger partial charge on any atom is -0.399 e. The van der Waals surface area contributed by atoms with Crippen LogP contribution in [0.2, 0.25) is 0 Å². The number of ether oxygens (including phenoxy) is 2. The summed E-state index contributed by atoms with van der Waals surface area (Å²) in [7, 11) is 0. The molecule has 1 aromatic rings. The molecular formula is C17H26N4O2S. The van der Waals surface area contributed by atoms with Crippen LogP contribution >= 0.6 is 11.9 Å². The number of anilines is 1. The predicted molar refractivity (Wildman–Crippen MR) is 99.5 cm³/mol. The Morgan fingerprint density at radius 2 is 2.21 bits per heavy atom. The van der Waals surface area contributed by atoms with Crippen molar-refractivity contribution in [3.8, 4) is 0 Å². The van der Waals surface area contributed by atoms with Crippen molar-refractivity contribution in [1.82, 2.24) is 4.72 Å². The highest BCUT2D eigenvalue weighted by molar-refractivity contribution is 8.00. The number of nitrogens with two attached hydrogens (primary N) is 2. The molecule has 0 saturated carbocycles. The largest absolute Gasteiger partial charge is 0.399 e. The van der Waals surface area contributed by atoms with E-state index in [0.717, 1.165) is 43.7 Å². The third-order valence-corrected chi connectivity index (χ3v) is 4.03. The summed E-state index contributed by atoms with van der Waals surface area (Å²) in [6.45, 7) is 5.46. The Morgan fingerprint density at radius 3 is 2.88 bits per heavy atom. The number of benzene rings is 1. The molecule has 1 fully saturated rings. The maximum absolute atomic E-state index is 6.03. The minimum absolute atomic E-state index is 0.155. The van der Waals surface area contributed by atoms with Crippen LogP contribution in [-0.4, -0.2) is 19.5 Å². The molecular weight excluding hydrogens is 324 g/mol. The van der Waals surface area contributed by atoms with Gasteiger partial charge in [0.2, 0.25) is 0 Å². The molecule has 0 radical (unpaired) electrons. The van der Waals surface area contributed by atoms with Crippen LogP contribution in [0.4, 0.5) is 5.69 Å². The highest BCUT2D eigenvalue weighted by Gasteiger charge is 2.14. The molecule has 0 bridgehead atoms. The maximum atomic E-state index is 6.03. The van der Waals surface area contributed by atoms with Crippen LogP contribution in [0.3, 0.4) is 0 Å². The van der Waals surface area contributed by atoms with Gasteiger partial charge in [-0.15, -0.1) is 0 Å². The molecule has 1 aliphatic heterocycles. The molecule has 1 aromatic carbocycles. The van der Waals surface area contributed by atoms with Crippen LogP contribution in [0.5, 0.6) is 0 Å². The zero-order chi connectivity index (χ0) is 17.2. The van der Waals surface area contributed by atoms with Crippen molar-refractivity contribution in [3.05, 3.63) is 53.7 Å². The molecule has 2 rings (SSSR count). The van der Waals surface area contributed by atoms with Crippen molar-refractivity contribution in [2.45, 2.75) is 32.1 Å². The Hall–Kier alpha value is -1.51. The van der Waals surface area contributed by atoms with E-state index in [1.807, 2.05) is 24.3 Å². The molecule has 7 heteroatoms. The molecule has 1 aliphatic rings. The summed E-state index contributed by atoms with van der Waals surface area (Å²) in [4.78, 5) is 0. The van der Waals surface area contributed by atoms with E-state index >= 15 is 0 Å². The van der Waals surface area contributed by atoms with E-state index in [4.69, 9.17) is 21.1 Å². The lowest BCUT2D eigenvalue weighted by Gasteiger charge is -2.23. The highest BCUT2D eigenvalue weighted by Crippen LogP contribution is 2.16. The standard InChI is InChI=1S/C17H26N4O2S/c1-2-24-20-11-14-6-8-16(9-7-14)21(19)12-15(18)13-23-17-5-3-4-10-22-17/h2,6-9,12,17,20H,1,3-5,10-11,13,18-19H2/b15-12-. The number of nitrogens with one attached hydrogen (secondary N) is 1. The second kappa shape index (κ2) is 10.4. The number of nitrogens with zero attached hydrogens (tertiary/aromatic N) is 1. The van der Waals surface area contributed by atoms with Crippen molar-refractivity contribution in [2.75, 3.05) is 18.2 Å². The summed E-state index contributed by atoms with van der Waals surface area (Å²) in [5, 5.41) is 3.25. The van der Waals surface area contributed by atoms with E-state index in [1.165, 1.54) is 17.0 Å². The van der Waals surface area contributed by atoms with Gasteiger partial charge in [0.25, 0.3) is 0 Å². The summed E-state index contributed by atoms with van der Waals surface area (Å²) < 4.78 is 14.3. The maximum Gasteiger partial charge on any atom is 0.158 e. The Balaban J connectivity index is 1.80. The van der Waals surface area contributed by atoms with Gasteiger partial charge in [0.1, 0.15) is 0 Å². The van der Waals surface area contributed by atoms with Crippen LogP contribution in [0.1, 0.15) is 24.8 Å². The average molecular weight is 350 g/mol. The van der Waals surface area contributed by atoms with Gasteiger partial charge in [0, 0.05) is 19.4 Å². The van der Waals surface area contributed by atoms with Gasteiger partial charge in [0.05, 0.1) is 18.0 Å². The van der Waals surface area contributed by atoms with Gasteiger partial charge in [-0.3, -0.25) is 9.73 Å². The van der Waals surface area contributed by atoms with Crippen LogP contribution in [0, 0.1) is 0 Å². The lowest BCUT2D eigenvalue weighted by atomic mass is 10.2. The number of hydrogen-bond donors (Lipinski definition) is 3. The molecule has 1 atom stereocenters. The normalized spacial score (nSPS) is 18.4. The molecule has 0 aliphatic carbocycles. The highest BCUT2D eigenvalue weighted by atomic mass is 32.2. The Bertz CT molecular complexity index is 530. The second-order valence-electron chi connectivity index (χ2n) is 5.49. The first-order valence-electron chi connectivity index (χ1n) is 8.00. The quantitative estimate of drug-likeness (QED) is 0.273. The zero-order valence-electron chi connectivity index (χ0n) is 13.8. The van der Waals surface area contributed by atoms with Crippen LogP contribution in [0.15, 0.2) is 48.1 Å². The van der Waals surface area contributed by atoms with E-state index in [0.29, 0.717) is 12.3 Å². The first-order chi connectivity index (χ1) is 11.7. The van der Waals surface area contributed by atoms with E-state index in [1.54, 1.807) is 11.6 Å². The number of hydrogen-bond acceptors (Lipinski definition) is 7. The average Bonchev–Trinajstić information content (AvgIpc) is 2.61. The van der Waals surface area contributed by atoms with Crippen molar-refractivity contribution in [2.24, 2.45) is 11.6 Å². The zero-order valence-corrected chi connectivity index (χ0v) is 14.6. The van der Waals surface area contributed by atoms with Gasteiger partial charge in [-0.1, -0.05) is 30.7 Å². The van der Waals surface area contributed by atoms with Crippen molar-refractivity contribution in [3.63, 3.8) is 0 Å². The Kier molecular flexibility index (Phi) is 8.14. The molecule has 1 heterocycles. The molecule has 0 amide bonds.